The Kier molecular flexibility index (Phi) is 4.42. The van der Waals surface area contributed by atoms with Crippen LogP contribution in [0, 0.1) is 6.92 Å². The van der Waals surface area contributed by atoms with Crippen molar-refractivity contribution < 1.29 is 14.3 Å². The standard InChI is InChI=1S/C15H18N2O3/c1-10-3-4-12(7-15(10)17-11(2)19)16-8-13-5-6-14(9-18)20-13/h3-7,16,18H,8-9H2,1-2H3,(H,17,19). The van der Waals surface area contributed by atoms with Gasteiger partial charge in [-0.2, -0.15) is 0 Å². The van der Waals surface area contributed by atoms with E-state index in [1.54, 1.807) is 6.07 Å². The Bertz CT molecular complexity index is 605. The van der Waals surface area contributed by atoms with Gasteiger partial charge in [0.15, 0.2) is 0 Å². The van der Waals surface area contributed by atoms with E-state index in [0.29, 0.717) is 12.3 Å². The largest absolute Gasteiger partial charge is 0.462 e. The second-order valence-corrected chi connectivity index (χ2v) is 4.59. The maximum absolute atomic E-state index is 11.1. The average Bonchev–Trinajstić information content (AvgIpc) is 2.87. The lowest BCUT2D eigenvalue weighted by molar-refractivity contribution is -0.114. The topological polar surface area (TPSA) is 74.5 Å². The highest BCUT2D eigenvalue weighted by molar-refractivity contribution is 5.90. The molecule has 2 aromatic rings. The molecule has 1 aromatic carbocycles. The Morgan fingerprint density at radius 2 is 2.00 bits per heavy atom. The van der Waals surface area contributed by atoms with Crippen LogP contribution in [0.1, 0.15) is 24.0 Å². The van der Waals surface area contributed by atoms with Crippen molar-refractivity contribution >= 4 is 17.3 Å². The quantitative estimate of drug-likeness (QED) is 0.783. The second-order valence-electron chi connectivity index (χ2n) is 4.59. The molecule has 0 aliphatic carbocycles. The smallest absolute Gasteiger partial charge is 0.221 e. The van der Waals surface area contributed by atoms with E-state index in [4.69, 9.17) is 9.52 Å². The first-order chi connectivity index (χ1) is 9.58. The molecule has 0 aliphatic heterocycles. The summed E-state index contributed by atoms with van der Waals surface area (Å²) in [6.45, 7) is 3.84. The van der Waals surface area contributed by atoms with E-state index in [9.17, 15) is 4.79 Å². The Labute approximate surface area is 117 Å². The fourth-order valence-electron chi connectivity index (χ4n) is 1.85. The number of carbonyl (C=O) groups excluding carboxylic acids is 1. The molecule has 0 radical (unpaired) electrons. The molecule has 20 heavy (non-hydrogen) atoms. The van der Waals surface area contributed by atoms with Gasteiger partial charge in [0.25, 0.3) is 0 Å². The van der Waals surface area contributed by atoms with Crippen molar-refractivity contribution in [3.8, 4) is 0 Å². The summed E-state index contributed by atoms with van der Waals surface area (Å²) in [6.07, 6.45) is 0. The number of furan rings is 1. The minimum atomic E-state index is -0.1000. The summed E-state index contributed by atoms with van der Waals surface area (Å²) in [5, 5.41) is 14.9. The molecule has 1 amide bonds. The molecular formula is C15H18N2O3. The number of carbonyl (C=O) groups is 1. The molecule has 0 bridgehead atoms. The zero-order chi connectivity index (χ0) is 14.5. The van der Waals surface area contributed by atoms with Crippen molar-refractivity contribution in [2.24, 2.45) is 0 Å². The van der Waals surface area contributed by atoms with E-state index in [2.05, 4.69) is 10.6 Å². The van der Waals surface area contributed by atoms with Gasteiger partial charge in [0.1, 0.15) is 18.1 Å². The zero-order valence-electron chi connectivity index (χ0n) is 11.6. The van der Waals surface area contributed by atoms with Crippen LogP contribution in [0.2, 0.25) is 0 Å². The highest BCUT2D eigenvalue weighted by Crippen LogP contribution is 2.21. The van der Waals surface area contributed by atoms with Gasteiger partial charge >= 0.3 is 0 Å². The van der Waals surface area contributed by atoms with Crippen molar-refractivity contribution in [1.29, 1.82) is 0 Å². The first-order valence-corrected chi connectivity index (χ1v) is 6.39. The highest BCUT2D eigenvalue weighted by Gasteiger charge is 2.04. The average molecular weight is 274 g/mol. The minimum absolute atomic E-state index is 0.0936. The predicted molar refractivity (Wildman–Crippen MR) is 77.4 cm³/mol. The summed E-state index contributed by atoms with van der Waals surface area (Å²) in [5.74, 6) is 1.20. The minimum Gasteiger partial charge on any atom is -0.462 e. The number of amides is 1. The SMILES string of the molecule is CC(=O)Nc1cc(NCc2ccc(CO)o2)ccc1C. The van der Waals surface area contributed by atoms with Gasteiger partial charge in [0, 0.05) is 18.3 Å². The van der Waals surface area contributed by atoms with E-state index in [-0.39, 0.29) is 12.5 Å². The molecule has 5 heteroatoms. The third-order valence-electron chi connectivity index (χ3n) is 2.89. The fraction of sp³-hybridized carbons (Fsp3) is 0.267. The molecule has 0 fully saturated rings. The summed E-state index contributed by atoms with van der Waals surface area (Å²) in [6, 6.07) is 9.33. The number of nitrogens with one attached hydrogen (secondary N) is 2. The molecule has 0 spiro atoms. The summed E-state index contributed by atoms with van der Waals surface area (Å²) < 4.78 is 5.39. The summed E-state index contributed by atoms with van der Waals surface area (Å²) in [7, 11) is 0. The number of hydrogen-bond donors (Lipinski definition) is 3. The van der Waals surface area contributed by atoms with Crippen molar-refractivity contribution in [2.45, 2.75) is 27.0 Å². The van der Waals surface area contributed by atoms with Crippen molar-refractivity contribution in [1.82, 2.24) is 0 Å². The van der Waals surface area contributed by atoms with E-state index >= 15 is 0 Å². The van der Waals surface area contributed by atoms with Crippen LogP contribution in [0.5, 0.6) is 0 Å². The molecule has 0 saturated heterocycles. The van der Waals surface area contributed by atoms with Gasteiger partial charge in [-0.3, -0.25) is 4.79 Å². The Hall–Kier alpha value is -2.27. The van der Waals surface area contributed by atoms with Gasteiger partial charge in [0.2, 0.25) is 5.91 Å². The molecular weight excluding hydrogens is 256 g/mol. The Morgan fingerprint density at radius 1 is 1.25 bits per heavy atom. The molecule has 2 rings (SSSR count). The fourth-order valence-corrected chi connectivity index (χ4v) is 1.85. The lowest BCUT2D eigenvalue weighted by Crippen LogP contribution is -2.08. The maximum Gasteiger partial charge on any atom is 0.221 e. The molecule has 0 unspecified atom stereocenters. The van der Waals surface area contributed by atoms with Gasteiger partial charge in [0.05, 0.1) is 6.54 Å². The van der Waals surface area contributed by atoms with E-state index in [1.165, 1.54) is 6.92 Å². The number of hydrogen-bond acceptors (Lipinski definition) is 4. The molecule has 0 saturated carbocycles. The Balaban J connectivity index is 2.03. The number of anilines is 2. The first kappa shape index (κ1) is 14.1. The van der Waals surface area contributed by atoms with Gasteiger partial charge in [-0.05, 0) is 36.8 Å². The van der Waals surface area contributed by atoms with Crippen molar-refractivity contribution in [2.75, 3.05) is 10.6 Å². The van der Waals surface area contributed by atoms with Gasteiger partial charge in [-0.1, -0.05) is 6.07 Å². The number of benzene rings is 1. The molecule has 0 aliphatic rings. The van der Waals surface area contributed by atoms with Crippen LogP contribution in [0.3, 0.4) is 0 Å². The predicted octanol–water partition coefficient (Wildman–Crippen LogP) is 2.65. The van der Waals surface area contributed by atoms with Crippen LogP contribution < -0.4 is 10.6 Å². The van der Waals surface area contributed by atoms with Crippen molar-refractivity contribution in [3.63, 3.8) is 0 Å². The van der Waals surface area contributed by atoms with E-state index in [1.807, 2.05) is 31.2 Å². The van der Waals surface area contributed by atoms with E-state index < -0.39 is 0 Å². The normalized spacial score (nSPS) is 10.3. The molecule has 3 N–H and O–H groups in total. The number of aliphatic hydroxyl groups excluding tert-OH is 1. The Morgan fingerprint density at radius 3 is 2.65 bits per heavy atom. The number of aryl methyl sites for hydroxylation is 1. The second kappa shape index (κ2) is 6.25. The van der Waals surface area contributed by atoms with Crippen LogP contribution in [0.25, 0.3) is 0 Å². The van der Waals surface area contributed by atoms with Crippen LogP contribution >= 0.6 is 0 Å². The maximum atomic E-state index is 11.1. The monoisotopic (exact) mass is 274 g/mol. The van der Waals surface area contributed by atoms with Crippen LogP contribution in [0.4, 0.5) is 11.4 Å². The molecule has 5 nitrogen and oxygen atoms in total. The van der Waals surface area contributed by atoms with Gasteiger partial charge in [-0.15, -0.1) is 0 Å². The van der Waals surface area contributed by atoms with Crippen molar-refractivity contribution in [3.05, 3.63) is 47.4 Å². The molecule has 0 atom stereocenters. The zero-order valence-corrected chi connectivity index (χ0v) is 11.6. The van der Waals surface area contributed by atoms with Crippen LogP contribution in [0.15, 0.2) is 34.7 Å². The van der Waals surface area contributed by atoms with Crippen LogP contribution in [-0.2, 0) is 17.9 Å². The molecule has 1 heterocycles. The third kappa shape index (κ3) is 3.61. The molecule has 1 aromatic heterocycles. The number of aliphatic hydroxyl groups is 1. The highest BCUT2D eigenvalue weighted by atomic mass is 16.4. The summed E-state index contributed by atoms with van der Waals surface area (Å²) >= 11 is 0. The van der Waals surface area contributed by atoms with Gasteiger partial charge < -0.3 is 20.2 Å². The third-order valence-corrected chi connectivity index (χ3v) is 2.89. The summed E-state index contributed by atoms with van der Waals surface area (Å²) in [5.41, 5.74) is 2.69. The number of rotatable bonds is 5. The summed E-state index contributed by atoms with van der Waals surface area (Å²) in [4.78, 5) is 11.1. The lowest BCUT2D eigenvalue weighted by Gasteiger charge is -2.10. The molecule has 106 valence electrons. The van der Waals surface area contributed by atoms with E-state index in [0.717, 1.165) is 22.7 Å². The first-order valence-electron chi connectivity index (χ1n) is 6.39. The van der Waals surface area contributed by atoms with Gasteiger partial charge in [-0.25, -0.2) is 0 Å². The van der Waals surface area contributed by atoms with Crippen LogP contribution in [-0.4, -0.2) is 11.0 Å². The lowest BCUT2D eigenvalue weighted by atomic mass is 10.1.